The van der Waals surface area contributed by atoms with Crippen molar-refractivity contribution in [3.63, 3.8) is 0 Å². The van der Waals surface area contributed by atoms with E-state index in [1.165, 1.54) is 11.8 Å². The topological polar surface area (TPSA) is 91.8 Å². The fourth-order valence-corrected chi connectivity index (χ4v) is 2.47. The molecule has 3 N–H and O–H groups in total. The SMILES string of the molecule is CC(C)Nc1nc(Cl)nc(NCCSC(=O)Nc2ccccc2)n1. The van der Waals surface area contributed by atoms with E-state index in [2.05, 4.69) is 30.9 Å². The first-order chi connectivity index (χ1) is 11.5. The van der Waals surface area contributed by atoms with Gasteiger partial charge in [-0.3, -0.25) is 4.79 Å². The van der Waals surface area contributed by atoms with Crippen molar-refractivity contribution in [3.8, 4) is 0 Å². The molecule has 0 saturated carbocycles. The van der Waals surface area contributed by atoms with E-state index in [0.717, 1.165) is 5.69 Å². The number of rotatable bonds is 7. The zero-order valence-electron chi connectivity index (χ0n) is 13.4. The van der Waals surface area contributed by atoms with E-state index in [0.29, 0.717) is 24.2 Å². The predicted octanol–water partition coefficient (Wildman–Crippen LogP) is 3.72. The van der Waals surface area contributed by atoms with Crippen molar-refractivity contribution < 1.29 is 4.79 Å². The number of hydrogen-bond donors (Lipinski definition) is 3. The molecule has 128 valence electrons. The maximum absolute atomic E-state index is 11.8. The number of nitrogens with zero attached hydrogens (tertiary/aromatic N) is 3. The zero-order valence-corrected chi connectivity index (χ0v) is 15.0. The van der Waals surface area contributed by atoms with Crippen LogP contribution in [0.3, 0.4) is 0 Å². The van der Waals surface area contributed by atoms with Crippen LogP contribution >= 0.6 is 23.4 Å². The van der Waals surface area contributed by atoms with Gasteiger partial charge in [-0.15, -0.1) is 0 Å². The molecule has 7 nitrogen and oxygen atoms in total. The number of halogens is 1. The molecule has 9 heteroatoms. The number of nitrogens with one attached hydrogen (secondary N) is 3. The zero-order chi connectivity index (χ0) is 17.4. The summed E-state index contributed by atoms with van der Waals surface area (Å²) >= 11 is 7.05. The average Bonchev–Trinajstić information content (AvgIpc) is 2.51. The van der Waals surface area contributed by atoms with Gasteiger partial charge < -0.3 is 16.0 Å². The average molecular weight is 367 g/mol. The highest BCUT2D eigenvalue weighted by atomic mass is 35.5. The van der Waals surface area contributed by atoms with Gasteiger partial charge in [0.25, 0.3) is 5.24 Å². The molecule has 1 amide bonds. The number of thioether (sulfide) groups is 1. The van der Waals surface area contributed by atoms with Crippen LogP contribution in [0, 0.1) is 0 Å². The molecule has 0 aliphatic carbocycles. The molecule has 0 aliphatic heterocycles. The van der Waals surface area contributed by atoms with Crippen molar-refractivity contribution in [2.75, 3.05) is 28.2 Å². The number of carbonyl (C=O) groups excluding carboxylic acids is 1. The van der Waals surface area contributed by atoms with Crippen LogP contribution in [-0.2, 0) is 0 Å². The number of hydrogen-bond acceptors (Lipinski definition) is 7. The molecule has 0 spiro atoms. The molecule has 0 unspecified atom stereocenters. The van der Waals surface area contributed by atoms with Gasteiger partial charge in [0.1, 0.15) is 0 Å². The van der Waals surface area contributed by atoms with Gasteiger partial charge in [-0.05, 0) is 37.6 Å². The van der Waals surface area contributed by atoms with Crippen LogP contribution in [0.15, 0.2) is 30.3 Å². The lowest BCUT2D eigenvalue weighted by Gasteiger charge is -2.10. The molecule has 0 aliphatic rings. The number of carbonyl (C=O) groups is 1. The Kier molecular flexibility index (Phi) is 7.07. The highest BCUT2D eigenvalue weighted by Crippen LogP contribution is 2.12. The maximum atomic E-state index is 11.8. The Morgan fingerprint density at radius 1 is 1.17 bits per heavy atom. The van der Waals surface area contributed by atoms with Crippen molar-refractivity contribution in [1.29, 1.82) is 0 Å². The van der Waals surface area contributed by atoms with Crippen molar-refractivity contribution in [3.05, 3.63) is 35.6 Å². The second-order valence-corrected chi connectivity index (χ2v) is 6.51. The first-order valence-electron chi connectivity index (χ1n) is 7.44. The van der Waals surface area contributed by atoms with Crippen LogP contribution in [0.2, 0.25) is 5.28 Å². The van der Waals surface area contributed by atoms with Crippen LogP contribution in [-0.4, -0.2) is 38.5 Å². The standard InChI is InChI=1S/C15H19ClN6OS/c1-10(2)18-14-21-12(16)20-13(22-14)17-8-9-24-15(23)19-11-6-4-3-5-7-11/h3-7,10H,8-9H2,1-2H3,(H,19,23)(H2,17,18,20,21,22). The van der Waals surface area contributed by atoms with Gasteiger partial charge in [-0.25, -0.2) is 0 Å². The molecule has 0 fully saturated rings. The third-order valence-corrected chi connectivity index (χ3v) is 3.61. The molecular weight excluding hydrogens is 348 g/mol. The van der Waals surface area contributed by atoms with Crippen molar-refractivity contribution >= 4 is 46.2 Å². The third kappa shape index (κ3) is 6.59. The lowest BCUT2D eigenvalue weighted by atomic mass is 10.3. The van der Waals surface area contributed by atoms with Gasteiger partial charge in [0.05, 0.1) is 0 Å². The van der Waals surface area contributed by atoms with Gasteiger partial charge in [-0.2, -0.15) is 15.0 Å². The van der Waals surface area contributed by atoms with Crippen molar-refractivity contribution in [2.24, 2.45) is 0 Å². The molecular formula is C15H19ClN6OS. The Morgan fingerprint density at radius 3 is 2.58 bits per heavy atom. The maximum Gasteiger partial charge on any atom is 0.283 e. The number of amides is 1. The molecule has 2 rings (SSSR count). The molecule has 1 aromatic carbocycles. The lowest BCUT2D eigenvalue weighted by Crippen LogP contribution is -2.16. The second-order valence-electron chi connectivity index (χ2n) is 5.10. The fourth-order valence-electron chi connectivity index (χ4n) is 1.73. The molecule has 24 heavy (non-hydrogen) atoms. The monoisotopic (exact) mass is 366 g/mol. The minimum Gasteiger partial charge on any atom is -0.353 e. The quantitative estimate of drug-likeness (QED) is 0.643. The summed E-state index contributed by atoms with van der Waals surface area (Å²) in [6.45, 7) is 4.48. The Hall–Kier alpha value is -2.06. The van der Waals surface area contributed by atoms with E-state index >= 15 is 0 Å². The minimum absolute atomic E-state index is 0.112. The van der Waals surface area contributed by atoms with Gasteiger partial charge >= 0.3 is 0 Å². The lowest BCUT2D eigenvalue weighted by molar-refractivity contribution is 0.270. The minimum atomic E-state index is -0.112. The van der Waals surface area contributed by atoms with Gasteiger partial charge in [0, 0.05) is 24.0 Å². The Labute approximate surface area is 150 Å². The smallest absolute Gasteiger partial charge is 0.283 e. The molecule has 0 bridgehead atoms. The Bertz CT molecular complexity index is 670. The van der Waals surface area contributed by atoms with Crippen LogP contribution < -0.4 is 16.0 Å². The number of aromatic nitrogens is 3. The Morgan fingerprint density at radius 2 is 1.88 bits per heavy atom. The summed E-state index contributed by atoms with van der Waals surface area (Å²) in [5.41, 5.74) is 0.775. The van der Waals surface area contributed by atoms with Gasteiger partial charge in [0.2, 0.25) is 17.2 Å². The highest BCUT2D eigenvalue weighted by Gasteiger charge is 2.07. The summed E-state index contributed by atoms with van der Waals surface area (Å²) in [6.07, 6.45) is 0. The van der Waals surface area contributed by atoms with Crippen molar-refractivity contribution in [2.45, 2.75) is 19.9 Å². The highest BCUT2D eigenvalue weighted by molar-refractivity contribution is 8.13. The third-order valence-electron chi connectivity index (χ3n) is 2.66. The van der Waals surface area contributed by atoms with Gasteiger partial charge in [-0.1, -0.05) is 30.0 Å². The number of anilines is 3. The molecule has 0 radical (unpaired) electrons. The molecule has 2 aromatic rings. The summed E-state index contributed by atoms with van der Waals surface area (Å²) in [4.78, 5) is 24.0. The van der Waals surface area contributed by atoms with E-state index in [4.69, 9.17) is 11.6 Å². The van der Waals surface area contributed by atoms with E-state index in [9.17, 15) is 4.79 Å². The van der Waals surface area contributed by atoms with Gasteiger partial charge in [0.15, 0.2) is 0 Å². The predicted molar refractivity (Wildman–Crippen MR) is 100 cm³/mol. The van der Waals surface area contributed by atoms with Crippen molar-refractivity contribution in [1.82, 2.24) is 15.0 Å². The van der Waals surface area contributed by atoms with E-state index < -0.39 is 0 Å². The molecule has 1 heterocycles. The second kappa shape index (κ2) is 9.29. The molecule has 0 atom stereocenters. The fraction of sp³-hybridized carbons (Fsp3) is 0.333. The summed E-state index contributed by atoms with van der Waals surface area (Å²) in [5, 5.41) is 8.90. The number of para-hydroxylation sites is 1. The summed E-state index contributed by atoms with van der Waals surface area (Å²) in [5.74, 6) is 1.36. The van der Waals surface area contributed by atoms with Crippen LogP contribution in [0.25, 0.3) is 0 Å². The molecule has 0 saturated heterocycles. The summed E-state index contributed by atoms with van der Waals surface area (Å²) in [7, 11) is 0. The van der Waals surface area contributed by atoms with Crippen LogP contribution in [0.4, 0.5) is 22.4 Å². The number of benzene rings is 1. The first kappa shape index (κ1) is 18.3. The normalized spacial score (nSPS) is 10.5. The largest absolute Gasteiger partial charge is 0.353 e. The van der Waals surface area contributed by atoms with Crippen LogP contribution in [0.5, 0.6) is 0 Å². The molecule has 1 aromatic heterocycles. The van der Waals surface area contributed by atoms with E-state index in [1.54, 1.807) is 0 Å². The van der Waals surface area contributed by atoms with E-state index in [-0.39, 0.29) is 16.6 Å². The van der Waals surface area contributed by atoms with Crippen LogP contribution in [0.1, 0.15) is 13.8 Å². The Balaban J connectivity index is 1.75. The summed E-state index contributed by atoms with van der Waals surface area (Å²) < 4.78 is 0. The first-order valence-corrected chi connectivity index (χ1v) is 8.80. The van der Waals surface area contributed by atoms with E-state index in [1.807, 2.05) is 44.2 Å². The summed E-state index contributed by atoms with van der Waals surface area (Å²) in [6, 6.07) is 9.51.